The van der Waals surface area contributed by atoms with Crippen LogP contribution in [-0.4, -0.2) is 44.7 Å². The number of carbonyl (C=O) groups is 1. The second-order valence-corrected chi connectivity index (χ2v) is 7.13. The molecule has 8 heteroatoms. The van der Waals surface area contributed by atoms with Gasteiger partial charge in [0.25, 0.3) is 5.91 Å². The van der Waals surface area contributed by atoms with Crippen LogP contribution in [0.1, 0.15) is 28.8 Å². The SMILES string of the molecule is O=C(NC1CCN(Cc2ccc(F)c(F)c2)CC1)c1ccc(-n2cccn2)nc1. The first-order chi connectivity index (χ1) is 14.1. The highest BCUT2D eigenvalue weighted by Crippen LogP contribution is 2.16. The Labute approximate surface area is 167 Å². The van der Waals surface area contributed by atoms with Crippen molar-refractivity contribution in [3.05, 3.63) is 77.8 Å². The van der Waals surface area contributed by atoms with Crippen LogP contribution in [0.15, 0.2) is 55.0 Å². The molecule has 2 aromatic heterocycles. The van der Waals surface area contributed by atoms with Crippen molar-refractivity contribution in [2.75, 3.05) is 13.1 Å². The predicted molar refractivity (Wildman–Crippen MR) is 103 cm³/mol. The summed E-state index contributed by atoms with van der Waals surface area (Å²) in [5.41, 5.74) is 1.25. The second kappa shape index (κ2) is 8.48. The lowest BCUT2D eigenvalue weighted by molar-refractivity contribution is 0.0908. The van der Waals surface area contributed by atoms with Crippen LogP contribution in [0.2, 0.25) is 0 Å². The molecule has 4 rings (SSSR count). The second-order valence-electron chi connectivity index (χ2n) is 7.13. The number of nitrogens with zero attached hydrogens (tertiary/aromatic N) is 4. The molecule has 0 aliphatic carbocycles. The summed E-state index contributed by atoms with van der Waals surface area (Å²) in [4.78, 5) is 18.9. The molecule has 0 spiro atoms. The van der Waals surface area contributed by atoms with E-state index in [9.17, 15) is 13.6 Å². The molecule has 6 nitrogen and oxygen atoms in total. The maximum absolute atomic E-state index is 13.4. The molecule has 150 valence electrons. The number of piperidine rings is 1. The van der Waals surface area contributed by atoms with Gasteiger partial charge in [0.05, 0.1) is 5.56 Å². The minimum Gasteiger partial charge on any atom is -0.349 e. The molecule has 1 saturated heterocycles. The number of nitrogens with one attached hydrogen (secondary N) is 1. The molecule has 0 saturated carbocycles. The molecule has 1 aliphatic rings. The highest BCUT2D eigenvalue weighted by molar-refractivity contribution is 5.94. The lowest BCUT2D eigenvalue weighted by Crippen LogP contribution is -2.44. The third-order valence-electron chi connectivity index (χ3n) is 5.06. The van der Waals surface area contributed by atoms with Crippen LogP contribution in [-0.2, 0) is 6.54 Å². The van der Waals surface area contributed by atoms with Crippen molar-refractivity contribution in [1.29, 1.82) is 0 Å². The first-order valence-corrected chi connectivity index (χ1v) is 9.52. The quantitative estimate of drug-likeness (QED) is 0.719. The minimum absolute atomic E-state index is 0.0782. The lowest BCUT2D eigenvalue weighted by Gasteiger charge is -2.32. The number of pyridine rings is 1. The lowest BCUT2D eigenvalue weighted by atomic mass is 10.0. The van der Waals surface area contributed by atoms with Gasteiger partial charge in [-0.05, 0) is 48.7 Å². The van der Waals surface area contributed by atoms with Gasteiger partial charge in [0.2, 0.25) is 0 Å². The highest BCUT2D eigenvalue weighted by atomic mass is 19.2. The molecular formula is C21H21F2N5O. The number of halogens is 2. The fraction of sp³-hybridized carbons (Fsp3) is 0.286. The number of amides is 1. The van der Waals surface area contributed by atoms with E-state index in [0.29, 0.717) is 17.9 Å². The molecule has 0 radical (unpaired) electrons. The molecule has 0 unspecified atom stereocenters. The van der Waals surface area contributed by atoms with E-state index in [0.717, 1.165) is 37.6 Å². The van der Waals surface area contributed by atoms with Gasteiger partial charge in [0.15, 0.2) is 17.5 Å². The van der Waals surface area contributed by atoms with Crippen molar-refractivity contribution in [2.24, 2.45) is 0 Å². The van der Waals surface area contributed by atoms with Crippen LogP contribution in [0.4, 0.5) is 8.78 Å². The highest BCUT2D eigenvalue weighted by Gasteiger charge is 2.21. The summed E-state index contributed by atoms with van der Waals surface area (Å²) < 4.78 is 28.0. The third-order valence-corrected chi connectivity index (χ3v) is 5.06. The van der Waals surface area contributed by atoms with Crippen molar-refractivity contribution in [3.63, 3.8) is 0 Å². The summed E-state index contributed by atoms with van der Waals surface area (Å²) in [6.45, 7) is 2.12. The largest absolute Gasteiger partial charge is 0.349 e. The van der Waals surface area contributed by atoms with Crippen molar-refractivity contribution in [3.8, 4) is 5.82 Å². The maximum atomic E-state index is 13.4. The molecule has 1 N–H and O–H groups in total. The number of aromatic nitrogens is 3. The zero-order chi connectivity index (χ0) is 20.2. The van der Waals surface area contributed by atoms with Crippen LogP contribution in [0.25, 0.3) is 5.82 Å². The van der Waals surface area contributed by atoms with Crippen LogP contribution >= 0.6 is 0 Å². The summed E-state index contributed by atoms with van der Waals surface area (Å²) in [6, 6.07) is 9.37. The summed E-state index contributed by atoms with van der Waals surface area (Å²) in [5, 5.41) is 7.16. The zero-order valence-electron chi connectivity index (χ0n) is 15.8. The Balaban J connectivity index is 1.28. The summed E-state index contributed by atoms with van der Waals surface area (Å²) in [7, 11) is 0. The van der Waals surface area contributed by atoms with Gasteiger partial charge in [0, 0.05) is 44.3 Å². The van der Waals surface area contributed by atoms with E-state index >= 15 is 0 Å². The van der Waals surface area contributed by atoms with E-state index in [1.54, 1.807) is 47.5 Å². The Hall–Kier alpha value is -3.13. The van der Waals surface area contributed by atoms with Crippen molar-refractivity contribution in [2.45, 2.75) is 25.4 Å². The van der Waals surface area contributed by atoms with E-state index in [1.807, 2.05) is 0 Å². The Morgan fingerprint density at radius 3 is 2.62 bits per heavy atom. The first kappa shape index (κ1) is 19.2. The smallest absolute Gasteiger partial charge is 0.253 e. The molecule has 1 aliphatic heterocycles. The molecule has 0 atom stereocenters. The molecule has 1 amide bonds. The Morgan fingerprint density at radius 2 is 1.97 bits per heavy atom. The van der Waals surface area contributed by atoms with Crippen molar-refractivity contribution >= 4 is 5.91 Å². The van der Waals surface area contributed by atoms with Crippen LogP contribution in [0.5, 0.6) is 0 Å². The molecular weight excluding hydrogens is 376 g/mol. The first-order valence-electron chi connectivity index (χ1n) is 9.52. The topological polar surface area (TPSA) is 63.1 Å². The average Bonchev–Trinajstić information content (AvgIpc) is 3.27. The van der Waals surface area contributed by atoms with Gasteiger partial charge in [-0.25, -0.2) is 18.4 Å². The summed E-state index contributed by atoms with van der Waals surface area (Å²) in [6.07, 6.45) is 6.60. The van der Waals surface area contributed by atoms with E-state index < -0.39 is 11.6 Å². The van der Waals surface area contributed by atoms with E-state index in [2.05, 4.69) is 20.3 Å². The van der Waals surface area contributed by atoms with Gasteiger partial charge in [0.1, 0.15) is 0 Å². The number of benzene rings is 1. The molecule has 1 fully saturated rings. The van der Waals surface area contributed by atoms with E-state index in [-0.39, 0.29) is 11.9 Å². The number of hydrogen-bond acceptors (Lipinski definition) is 4. The molecule has 3 aromatic rings. The van der Waals surface area contributed by atoms with E-state index in [1.165, 1.54) is 6.07 Å². The van der Waals surface area contributed by atoms with Crippen LogP contribution in [0, 0.1) is 11.6 Å². The Kier molecular flexibility index (Phi) is 5.62. The monoisotopic (exact) mass is 397 g/mol. The van der Waals surface area contributed by atoms with Gasteiger partial charge < -0.3 is 5.32 Å². The summed E-state index contributed by atoms with van der Waals surface area (Å²) >= 11 is 0. The average molecular weight is 397 g/mol. The number of rotatable bonds is 5. The van der Waals surface area contributed by atoms with Gasteiger partial charge in [-0.1, -0.05) is 6.07 Å². The number of likely N-dealkylation sites (tertiary alicyclic amines) is 1. The fourth-order valence-electron chi connectivity index (χ4n) is 3.46. The normalized spacial score (nSPS) is 15.4. The molecule has 1 aromatic carbocycles. The maximum Gasteiger partial charge on any atom is 0.253 e. The van der Waals surface area contributed by atoms with Crippen LogP contribution < -0.4 is 5.32 Å². The standard InChI is InChI=1S/C21H21F2N5O/c22-18-4-2-15(12-19(18)23)14-27-10-6-17(7-11-27)26-21(29)16-3-5-20(24-13-16)28-9-1-8-25-28/h1-5,8-9,12-13,17H,6-7,10-11,14H2,(H,26,29). The molecule has 3 heterocycles. The van der Waals surface area contributed by atoms with Gasteiger partial charge >= 0.3 is 0 Å². The zero-order valence-corrected chi connectivity index (χ0v) is 15.8. The third kappa shape index (κ3) is 4.65. The molecule has 0 bridgehead atoms. The Bertz CT molecular complexity index is 967. The van der Waals surface area contributed by atoms with Crippen molar-refractivity contribution < 1.29 is 13.6 Å². The summed E-state index contributed by atoms with van der Waals surface area (Å²) in [5.74, 6) is -1.15. The van der Waals surface area contributed by atoms with Crippen molar-refractivity contribution in [1.82, 2.24) is 25.0 Å². The van der Waals surface area contributed by atoms with Crippen LogP contribution in [0.3, 0.4) is 0 Å². The fourth-order valence-corrected chi connectivity index (χ4v) is 3.46. The predicted octanol–water partition coefficient (Wildman–Crippen LogP) is 2.94. The van der Waals surface area contributed by atoms with E-state index in [4.69, 9.17) is 0 Å². The van der Waals surface area contributed by atoms with Gasteiger partial charge in [-0.2, -0.15) is 5.10 Å². The Morgan fingerprint density at radius 1 is 1.14 bits per heavy atom. The van der Waals surface area contributed by atoms with Gasteiger partial charge in [-0.3, -0.25) is 9.69 Å². The minimum atomic E-state index is -0.831. The van der Waals surface area contributed by atoms with Gasteiger partial charge in [-0.15, -0.1) is 0 Å². The number of carbonyl (C=O) groups excluding carboxylic acids is 1. The number of hydrogen-bond donors (Lipinski definition) is 1. The molecule has 29 heavy (non-hydrogen) atoms.